The minimum absolute atomic E-state index is 0.120. The molecule has 0 aliphatic heterocycles. The summed E-state index contributed by atoms with van der Waals surface area (Å²) in [5, 5.41) is 5.99. The van der Waals surface area contributed by atoms with Crippen LogP contribution in [-0.4, -0.2) is 5.11 Å². The zero-order chi connectivity index (χ0) is 17.0. The molecule has 0 amide bonds. The van der Waals surface area contributed by atoms with Crippen LogP contribution in [0.5, 0.6) is 0 Å². The van der Waals surface area contributed by atoms with Crippen molar-refractivity contribution in [3.63, 3.8) is 0 Å². The Morgan fingerprint density at radius 1 is 1.09 bits per heavy atom. The first-order valence-electron chi connectivity index (χ1n) is 6.43. The molecule has 0 unspecified atom stereocenters. The molecule has 0 saturated carbocycles. The second kappa shape index (κ2) is 7.14. The fourth-order valence-corrected chi connectivity index (χ4v) is 2.20. The molecule has 0 atom stereocenters. The molecule has 0 heterocycles. The van der Waals surface area contributed by atoms with Crippen LogP contribution in [0.3, 0.4) is 0 Å². The first-order chi connectivity index (χ1) is 10.8. The molecule has 0 bridgehead atoms. The number of thiocarbonyl (C=S) groups is 1. The third kappa shape index (κ3) is 4.56. The lowest BCUT2D eigenvalue weighted by atomic mass is 10.1. The standard InChI is InChI=1S/C15H11ClF4N2S/c16-11-6-1-2-7-12(11)22-14(23)21-8-9-4-3-5-10(13(9)17)15(18,19)20/h1-7H,8H2,(H2,21,22,23). The predicted octanol–water partition coefficient (Wildman–Crippen LogP) is 4.98. The average molecular weight is 363 g/mol. The fraction of sp³-hybridized carbons (Fsp3) is 0.133. The van der Waals surface area contributed by atoms with Crippen LogP contribution in [0.15, 0.2) is 42.5 Å². The van der Waals surface area contributed by atoms with Gasteiger partial charge in [-0.05, 0) is 30.4 Å². The Bertz CT molecular complexity index is 719. The number of anilines is 1. The summed E-state index contributed by atoms with van der Waals surface area (Å²) in [6.07, 6.45) is -4.74. The van der Waals surface area contributed by atoms with Gasteiger partial charge in [0.15, 0.2) is 5.11 Å². The molecule has 0 aliphatic carbocycles. The number of hydrogen-bond acceptors (Lipinski definition) is 1. The molecule has 23 heavy (non-hydrogen) atoms. The van der Waals surface area contributed by atoms with Crippen LogP contribution in [0.25, 0.3) is 0 Å². The molecule has 0 aromatic heterocycles. The van der Waals surface area contributed by atoms with Gasteiger partial charge in [0, 0.05) is 12.1 Å². The summed E-state index contributed by atoms with van der Waals surface area (Å²) in [5.41, 5.74) is -0.902. The van der Waals surface area contributed by atoms with Crippen LogP contribution in [0.2, 0.25) is 5.02 Å². The molecule has 0 radical (unpaired) electrons. The van der Waals surface area contributed by atoms with Crippen LogP contribution in [0.1, 0.15) is 11.1 Å². The van der Waals surface area contributed by atoms with Crippen molar-refractivity contribution < 1.29 is 17.6 Å². The van der Waals surface area contributed by atoms with Gasteiger partial charge in [-0.25, -0.2) is 4.39 Å². The summed E-state index contributed by atoms with van der Waals surface area (Å²) in [7, 11) is 0. The Hall–Kier alpha value is -1.86. The predicted molar refractivity (Wildman–Crippen MR) is 85.9 cm³/mol. The lowest BCUT2D eigenvalue weighted by Crippen LogP contribution is -2.28. The monoisotopic (exact) mass is 362 g/mol. The summed E-state index contributed by atoms with van der Waals surface area (Å²) in [5.74, 6) is -1.31. The summed E-state index contributed by atoms with van der Waals surface area (Å²) in [6.45, 7) is -0.188. The van der Waals surface area contributed by atoms with Crippen molar-refractivity contribution in [3.05, 3.63) is 64.4 Å². The molecule has 122 valence electrons. The van der Waals surface area contributed by atoms with E-state index in [0.717, 1.165) is 6.07 Å². The van der Waals surface area contributed by atoms with Gasteiger partial charge in [0.05, 0.1) is 16.3 Å². The van der Waals surface area contributed by atoms with Crippen molar-refractivity contribution in [1.82, 2.24) is 5.32 Å². The number of para-hydroxylation sites is 1. The summed E-state index contributed by atoms with van der Waals surface area (Å²) in [6, 6.07) is 9.91. The van der Waals surface area contributed by atoms with E-state index in [-0.39, 0.29) is 17.2 Å². The topological polar surface area (TPSA) is 24.1 Å². The molecule has 8 heteroatoms. The molecule has 2 aromatic rings. The van der Waals surface area contributed by atoms with Crippen LogP contribution >= 0.6 is 23.8 Å². The van der Waals surface area contributed by atoms with Gasteiger partial charge in [0.25, 0.3) is 0 Å². The maximum absolute atomic E-state index is 13.9. The second-order valence-electron chi connectivity index (χ2n) is 4.56. The number of benzene rings is 2. The van der Waals surface area contributed by atoms with Crippen LogP contribution in [0, 0.1) is 5.82 Å². The minimum Gasteiger partial charge on any atom is -0.358 e. The Balaban J connectivity index is 2.04. The highest BCUT2D eigenvalue weighted by molar-refractivity contribution is 7.80. The molecule has 2 N–H and O–H groups in total. The zero-order valence-electron chi connectivity index (χ0n) is 11.5. The van der Waals surface area contributed by atoms with Crippen molar-refractivity contribution in [3.8, 4) is 0 Å². The highest BCUT2D eigenvalue weighted by Gasteiger charge is 2.34. The van der Waals surface area contributed by atoms with Crippen molar-refractivity contribution in [2.24, 2.45) is 0 Å². The van der Waals surface area contributed by atoms with E-state index in [1.807, 2.05) is 0 Å². The van der Waals surface area contributed by atoms with E-state index in [1.54, 1.807) is 24.3 Å². The number of alkyl halides is 3. The largest absolute Gasteiger partial charge is 0.419 e. The van der Waals surface area contributed by atoms with Crippen molar-refractivity contribution >= 4 is 34.6 Å². The maximum Gasteiger partial charge on any atom is 0.419 e. The van der Waals surface area contributed by atoms with E-state index in [9.17, 15) is 17.6 Å². The lowest BCUT2D eigenvalue weighted by Gasteiger charge is -2.14. The molecule has 0 saturated heterocycles. The van der Waals surface area contributed by atoms with Gasteiger partial charge in [-0.3, -0.25) is 0 Å². The fourth-order valence-electron chi connectivity index (χ4n) is 1.84. The quantitative estimate of drug-likeness (QED) is 0.594. The second-order valence-corrected chi connectivity index (χ2v) is 5.38. The third-order valence-electron chi connectivity index (χ3n) is 2.95. The number of rotatable bonds is 3. The first kappa shape index (κ1) is 17.5. The SMILES string of the molecule is Fc1c(CNC(=S)Nc2ccccc2Cl)cccc1C(F)(F)F. The van der Waals surface area contributed by atoms with E-state index in [1.165, 1.54) is 6.07 Å². The van der Waals surface area contributed by atoms with E-state index in [0.29, 0.717) is 16.8 Å². The van der Waals surface area contributed by atoms with Crippen LogP contribution in [0.4, 0.5) is 23.2 Å². The molecule has 2 aromatic carbocycles. The Kier molecular flexibility index (Phi) is 5.43. The Morgan fingerprint density at radius 2 is 1.78 bits per heavy atom. The van der Waals surface area contributed by atoms with E-state index in [2.05, 4.69) is 10.6 Å². The smallest absolute Gasteiger partial charge is 0.358 e. The first-order valence-corrected chi connectivity index (χ1v) is 7.21. The lowest BCUT2D eigenvalue weighted by molar-refractivity contribution is -0.140. The molecule has 0 spiro atoms. The number of nitrogens with one attached hydrogen (secondary N) is 2. The number of hydrogen-bond donors (Lipinski definition) is 2. The molecular weight excluding hydrogens is 352 g/mol. The van der Waals surface area contributed by atoms with Gasteiger partial charge >= 0.3 is 6.18 Å². The molecular formula is C15H11ClF4N2S. The third-order valence-corrected chi connectivity index (χ3v) is 3.52. The van der Waals surface area contributed by atoms with Crippen LogP contribution in [-0.2, 0) is 12.7 Å². The minimum atomic E-state index is -4.74. The maximum atomic E-state index is 13.9. The van der Waals surface area contributed by atoms with Gasteiger partial charge in [-0.15, -0.1) is 0 Å². The van der Waals surface area contributed by atoms with E-state index < -0.39 is 17.6 Å². The van der Waals surface area contributed by atoms with Crippen molar-refractivity contribution in [2.45, 2.75) is 12.7 Å². The van der Waals surface area contributed by atoms with Gasteiger partial charge in [0.2, 0.25) is 0 Å². The Labute approximate surface area is 140 Å². The molecule has 2 rings (SSSR count). The average Bonchev–Trinajstić information content (AvgIpc) is 2.47. The molecule has 2 nitrogen and oxygen atoms in total. The van der Waals surface area contributed by atoms with Crippen LogP contribution < -0.4 is 10.6 Å². The highest BCUT2D eigenvalue weighted by Crippen LogP contribution is 2.32. The van der Waals surface area contributed by atoms with Gasteiger partial charge in [-0.1, -0.05) is 35.9 Å². The van der Waals surface area contributed by atoms with E-state index >= 15 is 0 Å². The summed E-state index contributed by atoms with van der Waals surface area (Å²) < 4.78 is 51.8. The van der Waals surface area contributed by atoms with E-state index in [4.69, 9.17) is 23.8 Å². The molecule has 0 fully saturated rings. The number of halogens is 5. The van der Waals surface area contributed by atoms with Crippen molar-refractivity contribution in [2.75, 3.05) is 5.32 Å². The van der Waals surface area contributed by atoms with Gasteiger partial charge in [0.1, 0.15) is 5.82 Å². The summed E-state index contributed by atoms with van der Waals surface area (Å²) >= 11 is 11.0. The normalized spacial score (nSPS) is 11.2. The summed E-state index contributed by atoms with van der Waals surface area (Å²) in [4.78, 5) is 0. The molecule has 0 aliphatic rings. The van der Waals surface area contributed by atoms with Crippen molar-refractivity contribution in [1.29, 1.82) is 0 Å². The highest BCUT2D eigenvalue weighted by atomic mass is 35.5. The van der Waals surface area contributed by atoms with Gasteiger partial charge in [-0.2, -0.15) is 13.2 Å². The van der Waals surface area contributed by atoms with Gasteiger partial charge < -0.3 is 10.6 Å². The zero-order valence-corrected chi connectivity index (χ0v) is 13.1. The Morgan fingerprint density at radius 3 is 2.43 bits per heavy atom.